The van der Waals surface area contributed by atoms with Crippen LogP contribution < -0.4 is 0 Å². The van der Waals surface area contributed by atoms with Gasteiger partial charge in [-0.2, -0.15) is 0 Å². The largest absolute Gasteiger partial charge is 0.383 e. The molecule has 0 N–H and O–H groups in total. The van der Waals surface area contributed by atoms with E-state index in [0.29, 0.717) is 11.9 Å². The molecule has 1 heterocycles. The molecule has 17 heavy (non-hydrogen) atoms. The Kier molecular flexibility index (Phi) is 7.04. The Morgan fingerprint density at radius 3 is 2.76 bits per heavy atom. The molecule has 1 atom stereocenters. The van der Waals surface area contributed by atoms with Gasteiger partial charge in [0.25, 0.3) is 0 Å². The number of hydrogen-bond acceptors (Lipinski definition) is 4. The lowest BCUT2D eigenvalue weighted by molar-refractivity contribution is 0.121. The van der Waals surface area contributed by atoms with E-state index in [1.807, 2.05) is 0 Å². The highest BCUT2D eigenvalue weighted by atomic mass is 35.5. The first kappa shape index (κ1) is 14.9. The molecule has 3 nitrogen and oxygen atoms in total. The number of alkyl halides is 1. The van der Waals surface area contributed by atoms with E-state index in [-0.39, 0.29) is 0 Å². The lowest BCUT2D eigenvalue weighted by Crippen LogP contribution is -2.31. The molecule has 1 rings (SSSR count). The summed E-state index contributed by atoms with van der Waals surface area (Å²) < 4.78 is 5.15. The number of hydrogen-bond donors (Lipinski definition) is 0. The van der Waals surface area contributed by atoms with Gasteiger partial charge in [0, 0.05) is 19.0 Å². The third kappa shape index (κ3) is 4.21. The van der Waals surface area contributed by atoms with E-state index in [9.17, 15) is 0 Å². The fraction of sp³-hybridized carbons (Fsp3) is 0.750. The number of rotatable bonds is 8. The van der Waals surface area contributed by atoms with E-state index in [1.54, 1.807) is 18.4 Å². The number of methoxy groups -OCH3 is 1. The summed E-state index contributed by atoms with van der Waals surface area (Å²) in [4.78, 5) is 6.98. The maximum atomic E-state index is 5.80. The summed E-state index contributed by atoms with van der Waals surface area (Å²) in [6.45, 7) is 7.09. The zero-order valence-electron chi connectivity index (χ0n) is 10.8. The van der Waals surface area contributed by atoms with Gasteiger partial charge < -0.3 is 4.74 Å². The molecule has 0 fully saturated rings. The fourth-order valence-corrected chi connectivity index (χ4v) is 3.13. The smallest absolute Gasteiger partial charge is 0.110 e. The van der Waals surface area contributed by atoms with Gasteiger partial charge in [0.15, 0.2) is 0 Å². The maximum absolute atomic E-state index is 5.80. The normalized spacial score (nSPS) is 13.2. The van der Waals surface area contributed by atoms with Gasteiger partial charge in [-0.25, -0.2) is 4.98 Å². The number of thiazole rings is 1. The van der Waals surface area contributed by atoms with Crippen LogP contribution in [0.3, 0.4) is 0 Å². The molecule has 1 aromatic rings. The molecule has 0 aliphatic carbocycles. The second-order valence-corrected chi connectivity index (χ2v) is 5.01. The molecule has 0 saturated heterocycles. The molecule has 0 aliphatic heterocycles. The average molecular weight is 277 g/mol. The first-order valence-electron chi connectivity index (χ1n) is 6.00. The summed E-state index contributed by atoms with van der Waals surface area (Å²) in [5, 5.41) is 3.22. The number of likely N-dealkylation sites (N-methyl/N-ethyl adjacent to an activating group) is 1. The van der Waals surface area contributed by atoms with Crippen LogP contribution in [0, 0.1) is 0 Å². The van der Waals surface area contributed by atoms with Crippen LogP contribution in [0.25, 0.3) is 0 Å². The van der Waals surface area contributed by atoms with Gasteiger partial charge in [0.05, 0.1) is 24.2 Å². The van der Waals surface area contributed by atoms with Crippen LogP contribution in [0.1, 0.15) is 37.0 Å². The number of aromatic nitrogens is 1. The monoisotopic (exact) mass is 276 g/mol. The molecule has 5 heteroatoms. The molecule has 1 aromatic heterocycles. The van der Waals surface area contributed by atoms with Crippen LogP contribution in [0.15, 0.2) is 5.38 Å². The standard InChI is InChI=1S/C12H21ClN2OS/c1-4-11(15(5-2)6-7-16-3)12-14-10(8-13)9-17-12/h9,11H,4-8H2,1-3H3. The Balaban J connectivity index is 2.73. The highest BCUT2D eigenvalue weighted by Crippen LogP contribution is 2.27. The van der Waals surface area contributed by atoms with Gasteiger partial charge in [-0.1, -0.05) is 13.8 Å². The SMILES string of the molecule is CCC(c1nc(CCl)cs1)N(CC)CCOC. The first-order valence-corrected chi connectivity index (χ1v) is 7.41. The Labute approximate surface area is 113 Å². The Morgan fingerprint density at radius 2 is 2.29 bits per heavy atom. The van der Waals surface area contributed by atoms with Crippen LogP contribution in [-0.4, -0.2) is 36.7 Å². The highest BCUT2D eigenvalue weighted by molar-refractivity contribution is 7.09. The van der Waals surface area contributed by atoms with Crippen molar-refractivity contribution in [3.63, 3.8) is 0 Å². The van der Waals surface area contributed by atoms with Crippen molar-refractivity contribution in [3.05, 3.63) is 16.1 Å². The third-order valence-corrected chi connectivity index (χ3v) is 4.08. The Morgan fingerprint density at radius 1 is 1.53 bits per heavy atom. The average Bonchev–Trinajstić information content (AvgIpc) is 2.82. The van der Waals surface area contributed by atoms with Crippen LogP contribution in [-0.2, 0) is 10.6 Å². The predicted molar refractivity (Wildman–Crippen MR) is 73.8 cm³/mol. The van der Waals surface area contributed by atoms with E-state index < -0.39 is 0 Å². The zero-order valence-corrected chi connectivity index (χ0v) is 12.4. The molecule has 1 unspecified atom stereocenters. The molecular weight excluding hydrogens is 256 g/mol. The van der Waals surface area contributed by atoms with E-state index >= 15 is 0 Å². The summed E-state index contributed by atoms with van der Waals surface area (Å²) in [5.74, 6) is 0.497. The topological polar surface area (TPSA) is 25.4 Å². The molecule has 0 aliphatic rings. The van der Waals surface area contributed by atoms with Crippen molar-refractivity contribution >= 4 is 22.9 Å². The van der Waals surface area contributed by atoms with Gasteiger partial charge in [-0.15, -0.1) is 22.9 Å². The van der Waals surface area contributed by atoms with Crippen LogP contribution in [0.2, 0.25) is 0 Å². The second-order valence-electron chi connectivity index (χ2n) is 3.86. The lowest BCUT2D eigenvalue weighted by Gasteiger charge is -2.28. The Bertz CT molecular complexity index is 319. The third-order valence-electron chi connectivity index (χ3n) is 2.81. The minimum atomic E-state index is 0.386. The van der Waals surface area contributed by atoms with Crippen molar-refractivity contribution in [1.82, 2.24) is 9.88 Å². The molecule has 0 spiro atoms. The number of nitrogens with zero attached hydrogens (tertiary/aromatic N) is 2. The maximum Gasteiger partial charge on any atom is 0.110 e. The summed E-state index contributed by atoms with van der Waals surface area (Å²) in [6.07, 6.45) is 1.06. The van der Waals surface area contributed by atoms with Crippen molar-refractivity contribution in [2.45, 2.75) is 32.2 Å². The second kappa shape index (κ2) is 8.03. The Hall–Kier alpha value is -0.160. The van der Waals surface area contributed by atoms with E-state index in [1.165, 1.54) is 5.01 Å². The van der Waals surface area contributed by atoms with E-state index in [0.717, 1.165) is 31.8 Å². The summed E-state index contributed by atoms with van der Waals surface area (Å²) in [6, 6.07) is 0.386. The molecule has 0 radical (unpaired) electrons. The summed E-state index contributed by atoms with van der Waals surface area (Å²) in [5.41, 5.74) is 0.980. The van der Waals surface area contributed by atoms with E-state index in [2.05, 4.69) is 29.1 Å². The molecular formula is C12H21ClN2OS. The first-order chi connectivity index (χ1) is 8.26. The van der Waals surface area contributed by atoms with Gasteiger partial charge >= 0.3 is 0 Å². The van der Waals surface area contributed by atoms with Gasteiger partial charge in [0.1, 0.15) is 5.01 Å². The highest BCUT2D eigenvalue weighted by Gasteiger charge is 2.20. The van der Waals surface area contributed by atoms with Crippen LogP contribution in [0.4, 0.5) is 0 Å². The zero-order chi connectivity index (χ0) is 12.7. The van der Waals surface area contributed by atoms with Crippen LogP contribution in [0.5, 0.6) is 0 Å². The fourth-order valence-electron chi connectivity index (χ4n) is 1.87. The van der Waals surface area contributed by atoms with Gasteiger partial charge in [0.2, 0.25) is 0 Å². The van der Waals surface area contributed by atoms with Crippen molar-refractivity contribution in [2.75, 3.05) is 26.8 Å². The number of ether oxygens (including phenoxy) is 1. The number of halogens is 1. The minimum absolute atomic E-state index is 0.386. The summed E-state index contributed by atoms with van der Waals surface area (Å²) in [7, 11) is 1.74. The van der Waals surface area contributed by atoms with Gasteiger partial charge in [-0.05, 0) is 13.0 Å². The predicted octanol–water partition coefficient (Wildman–Crippen LogP) is 3.30. The molecule has 0 amide bonds. The van der Waals surface area contributed by atoms with Crippen molar-refractivity contribution in [1.29, 1.82) is 0 Å². The molecule has 0 saturated carbocycles. The van der Waals surface area contributed by atoms with E-state index in [4.69, 9.17) is 16.3 Å². The quantitative estimate of drug-likeness (QED) is 0.681. The molecule has 98 valence electrons. The summed E-state index contributed by atoms with van der Waals surface area (Å²) >= 11 is 7.50. The van der Waals surface area contributed by atoms with Crippen molar-refractivity contribution in [2.24, 2.45) is 0 Å². The minimum Gasteiger partial charge on any atom is -0.383 e. The van der Waals surface area contributed by atoms with Crippen molar-refractivity contribution in [3.8, 4) is 0 Å². The van der Waals surface area contributed by atoms with Crippen LogP contribution >= 0.6 is 22.9 Å². The molecule has 0 bridgehead atoms. The van der Waals surface area contributed by atoms with Gasteiger partial charge in [-0.3, -0.25) is 4.90 Å². The lowest BCUT2D eigenvalue weighted by atomic mass is 10.2. The van der Waals surface area contributed by atoms with Crippen molar-refractivity contribution < 1.29 is 4.74 Å². The molecule has 0 aromatic carbocycles.